The highest BCUT2D eigenvalue weighted by Gasteiger charge is 2.48. The van der Waals surface area contributed by atoms with E-state index in [4.69, 9.17) is 18.9 Å². The first-order chi connectivity index (χ1) is 21.8. The van der Waals surface area contributed by atoms with Crippen molar-refractivity contribution in [1.29, 1.82) is 0 Å². The van der Waals surface area contributed by atoms with Gasteiger partial charge in [-0.15, -0.1) is 5.10 Å². The molecule has 0 N–H and O–H groups in total. The fourth-order valence-corrected chi connectivity index (χ4v) is 6.60. The molecule has 0 bridgehead atoms. The van der Waals surface area contributed by atoms with Crippen LogP contribution in [0.1, 0.15) is 70.6 Å². The third-order valence-electron chi connectivity index (χ3n) is 8.61. The number of ether oxygens (including phenoxy) is 4. The van der Waals surface area contributed by atoms with Crippen molar-refractivity contribution in [3.8, 4) is 22.9 Å². The Kier molecular flexibility index (Phi) is 7.69. The Bertz CT molecular complexity index is 1760. The first-order valence-electron chi connectivity index (χ1n) is 15.0. The molecule has 0 saturated carbocycles. The molecule has 1 aromatic heterocycles. The van der Waals surface area contributed by atoms with E-state index in [0.29, 0.717) is 82.5 Å². The number of benzene rings is 2. The van der Waals surface area contributed by atoms with Crippen molar-refractivity contribution in [2.45, 2.75) is 65.9 Å². The molecular weight excluding hydrogens is 592 g/mol. The number of nitro benzene ring substituents is 1. The Morgan fingerprint density at radius 3 is 2.07 bits per heavy atom. The van der Waals surface area contributed by atoms with Gasteiger partial charge in [-0.2, -0.15) is 0 Å². The van der Waals surface area contributed by atoms with Crippen LogP contribution in [0, 0.1) is 20.9 Å². The van der Waals surface area contributed by atoms with Crippen LogP contribution in [0.15, 0.2) is 65.3 Å². The number of Topliss-reactive ketones (excluding diaryl/α,β-unsaturated/α-hetero) is 2. The lowest BCUT2D eigenvalue weighted by molar-refractivity contribution is -0.384. The zero-order valence-electron chi connectivity index (χ0n) is 26.7. The molecule has 46 heavy (non-hydrogen) atoms. The highest BCUT2D eigenvalue weighted by molar-refractivity contribution is 6.06. The highest BCUT2D eigenvalue weighted by atomic mass is 16.6. The molecule has 3 aromatic rings. The van der Waals surface area contributed by atoms with Gasteiger partial charge < -0.3 is 18.9 Å². The van der Waals surface area contributed by atoms with Crippen molar-refractivity contribution in [1.82, 2.24) is 15.0 Å². The smallest absolute Gasteiger partial charge is 0.271 e. The lowest BCUT2D eigenvalue weighted by Crippen LogP contribution is -2.37. The molecule has 0 spiro atoms. The van der Waals surface area contributed by atoms with Gasteiger partial charge in [0.15, 0.2) is 23.1 Å². The Labute approximate surface area is 266 Å². The summed E-state index contributed by atoms with van der Waals surface area (Å²) in [7, 11) is 3.01. The van der Waals surface area contributed by atoms with Crippen molar-refractivity contribution in [3.05, 3.63) is 86.6 Å². The molecule has 12 nitrogen and oxygen atoms in total. The summed E-state index contributed by atoms with van der Waals surface area (Å²) in [5, 5.41) is 19.4. The first kappa shape index (κ1) is 31.0. The standard InChI is InChI=1S/C34H36N4O8/c1-33(2)13-23(39)30-27(15-33)46-28-16-34(3,4)14-24(40)31(28)29(30)19-10-25(43-5)32(26(11-19)44-6)45-18-20-17-37(36-35-20)21-8-7-9-22(12-21)38(41)42/h7-12,17,29H,13-16,18H2,1-6H3. The Morgan fingerprint density at radius 2 is 1.52 bits per heavy atom. The lowest BCUT2D eigenvalue weighted by Gasteiger charge is -2.42. The fraction of sp³-hybridized carbons (Fsp3) is 0.412. The molecular formula is C34H36N4O8. The predicted molar refractivity (Wildman–Crippen MR) is 166 cm³/mol. The molecule has 0 saturated heterocycles. The van der Waals surface area contributed by atoms with E-state index in [1.54, 1.807) is 30.5 Å². The number of allylic oxidation sites excluding steroid dienone is 4. The van der Waals surface area contributed by atoms with Crippen LogP contribution in [0.2, 0.25) is 0 Å². The van der Waals surface area contributed by atoms with Crippen LogP contribution in [-0.4, -0.2) is 45.7 Å². The average Bonchev–Trinajstić information content (AvgIpc) is 3.46. The molecule has 12 heteroatoms. The normalized spacial score (nSPS) is 18.9. The number of aromatic nitrogens is 3. The van der Waals surface area contributed by atoms with Crippen LogP contribution in [0.5, 0.6) is 17.2 Å². The van der Waals surface area contributed by atoms with Crippen LogP contribution < -0.4 is 14.2 Å². The van der Waals surface area contributed by atoms with Crippen LogP contribution in [-0.2, 0) is 20.9 Å². The van der Waals surface area contributed by atoms with Gasteiger partial charge in [0, 0.05) is 54.9 Å². The van der Waals surface area contributed by atoms with E-state index in [-0.39, 0.29) is 34.7 Å². The van der Waals surface area contributed by atoms with Crippen LogP contribution >= 0.6 is 0 Å². The SMILES string of the molecule is COc1cc(C2C3=C(CC(C)(C)CC3=O)OC3=C2C(=O)CC(C)(C)C3)cc(OC)c1OCc1cn(-c2cccc([N+](=O)[O-])c2)nn1. The summed E-state index contributed by atoms with van der Waals surface area (Å²) in [5.41, 5.74) is 2.04. The summed E-state index contributed by atoms with van der Waals surface area (Å²) >= 11 is 0. The van der Waals surface area contributed by atoms with Gasteiger partial charge in [0.25, 0.3) is 5.69 Å². The van der Waals surface area contributed by atoms with Gasteiger partial charge >= 0.3 is 0 Å². The molecule has 2 heterocycles. The quantitative estimate of drug-likeness (QED) is 0.210. The van der Waals surface area contributed by atoms with Gasteiger partial charge in [-0.1, -0.05) is 39.0 Å². The lowest BCUT2D eigenvalue weighted by atomic mass is 9.65. The topological polar surface area (TPSA) is 145 Å². The molecule has 2 aliphatic carbocycles. The van der Waals surface area contributed by atoms with E-state index >= 15 is 0 Å². The zero-order chi connectivity index (χ0) is 33.0. The molecule has 2 aromatic carbocycles. The molecule has 0 atom stereocenters. The molecule has 1 aliphatic heterocycles. The van der Waals surface area contributed by atoms with Gasteiger partial charge in [-0.25, -0.2) is 4.68 Å². The van der Waals surface area contributed by atoms with Crippen LogP contribution in [0.25, 0.3) is 5.69 Å². The van der Waals surface area contributed by atoms with Crippen molar-refractivity contribution in [2.75, 3.05) is 14.2 Å². The van der Waals surface area contributed by atoms with Crippen molar-refractivity contribution in [2.24, 2.45) is 10.8 Å². The van der Waals surface area contributed by atoms with E-state index in [1.165, 1.54) is 31.0 Å². The molecule has 0 amide bonds. The number of ketones is 2. The van der Waals surface area contributed by atoms with Gasteiger partial charge in [-0.3, -0.25) is 19.7 Å². The van der Waals surface area contributed by atoms with Crippen LogP contribution in [0.4, 0.5) is 5.69 Å². The number of hydrogen-bond acceptors (Lipinski definition) is 10. The van der Waals surface area contributed by atoms with E-state index in [9.17, 15) is 19.7 Å². The fourth-order valence-electron chi connectivity index (χ4n) is 6.60. The van der Waals surface area contributed by atoms with E-state index in [2.05, 4.69) is 10.3 Å². The molecule has 3 aliphatic rings. The van der Waals surface area contributed by atoms with Gasteiger partial charge in [0.2, 0.25) is 5.75 Å². The van der Waals surface area contributed by atoms with Crippen LogP contribution in [0.3, 0.4) is 0 Å². The first-order valence-corrected chi connectivity index (χ1v) is 15.0. The number of methoxy groups -OCH3 is 2. The van der Waals surface area contributed by atoms with E-state index in [0.717, 1.165) is 0 Å². The Hall–Kier alpha value is -5.00. The molecule has 0 radical (unpaired) electrons. The summed E-state index contributed by atoms with van der Waals surface area (Å²) < 4.78 is 25.5. The molecule has 0 fully saturated rings. The maximum atomic E-state index is 13.7. The predicted octanol–water partition coefficient (Wildman–Crippen LogP) is 6.17. The summed E-state index contributed by atoms with van der Waals surface area (Å²) in [4.78, 5) is 38.2. The number of non-ortho nitro benzene ring substituents is 1. The minimum absolute atomic E-state index is 0.00992. The average molecular weight is 629 g/mol. The van der Waals surface area contributed by atoms with Crippen molar-refractivity contribution < 1.29 is 33.5 Å². The Balaban J connectivity index is 1.36. The maximum Gasteiger partial charge on any atom is 0.271 e. The maximum absolute atomic E-state index is 13.7. The summed E-state index contributed by atoms with van der Waals surface area (Å²) in [5.74, 6) is 1.56. The molecule has 240 valence electrons. The number of nitro groups is 1. The van der Waals surface area contributed by atoms with Gasteiger partial charge in [0.1, 0.15) is 23.8 Å². The van der Waals surface area contributed by atoms with E-state index < -0.39 is 10.8 Å². The van der Waals surface area contributed by atoms with Gasteiger partial charge in [0.05, 0.1) is 31.0 Å². The minimum Gasteiger partial charge on any atom is -0.493 e. The second-order valence-corrected chi connectivity index (χ2v) is 13.6. The third kappa shape index (κ3) is 5.75. The highest BCUT2D eigenvalue weighted by Crippen LogP contribution is 2.54. The van der Waals surface area contributed by atoms with Crippen molar-refractivity contribution >= 4 is 17.3 Å². The number of nitrogens with zero attached hydrogens (tertiary/aromatic N) is 4. The summed E-state index contributed by atoms with van der Waals surface area (Å²) in [6, 6.07) is 9.62. The van der Waals surface area contributed by atoms with Crippen molar-refractivity contribution in [3.63, 3.8) is 0 Å². The molecule has 0 unspecified atom stereocenters. The third-order valence-corrected chi connectivity index (χ3v) is 8.61. The zero-order valence-corrected chi connectivity index (χ0v) is 26.7. The minimum atomic E-state index is -0.627. The monoisotopic (exact) mass is 628 g/mol. The summed E-state index contributed by atoms with van der Waals surface area (Å²) in [6.45, 7) is 8.19. The number of carbonyl (C=O) groups is 2. The Morgan fingerprint density at radius 1 is 0.935 bits per heavy atom. The molecule has 6 rings (SSSR count). The van der Waals surface area contributed by atoms with E-state index in [1.807, 2.05) is 27.7 Å². The van der Waals surface area contributed by atoms with Gasteiger partial charge in [-0.05, 0) is 34.6 Å². The number of carbonyl (C=O) groups excluding carboxylic acids is 2. The number of hydrogen-bond donors (Lipinski definition) is 0. The number of rotatable bonds is 8. The second-order valence-electron chi connectivity index (χ2n) is 13.6. The largest absolute Gasteiger partial charge is 0.493 e. The summed E-state index contributed by atoms with van der Waals surface area (Å²) in [6.07, 6.45) is 3.48. The second kappa shape index (κ2) is 11.4.